The van der Waals surface area contributed by atoms with E-state index in [1.165, 1.54) is 0 Å². The highest BCUT2D eigenvalue weighted by Crippen LogP contribution is 2.21. The molecule has 1 heterocycles. The molecule has 0 aromatic carbocycles. The summed E-state index contributed by atoms with van der Waals surface area (Å²) in [6, 6.07) is 0.194. The minimum absolute atomic E-state index is 0.0127. The molecule has 17 heavy (non-hydrogen) atoms. The number of likely N-dealkylation sites (N-methyl/N-ethyl adjacent to an activating group) is 1. The van der Waals surface area contributed by atoms with Gasteiger partial charge in [0.2, 0.25) is 0 Å². The molecule has 0 spiro atoms. The van der Waals surface area contributed by atoms with Gasteiger partial charge in [-0.05, 0) is 19.4 Å². The Morgan fingerprint density at radius 1 is 1.41 bits per heavy atom. The maximum Gasteiger partial charge on any atom is 0.389 e. The quantitative estimate of drug-likeness (QED) is 0.737. The van der Waals surface area contributed by atoms with Crippen LogP contribution in [-0.4, -0.2) is 44.7 Å². The van der Waals surface area contributed by atoms with Crippen molar-refractivity contribution >= 4 is 0 Å². The van der Waals surface area contributed by atoms with Crippen LogP contribution >= 0.6 is 0 Å². The number of rotatable bonds is 6. The number of hydrogen-bond acceptors (Lipinski definition) is 3. The first kappa shape index (κ1) is 14.7. The topological polar surface area (TPSA) is 30.5 Å². The van der Waals surface area contributed by atoms with Crippen LogP contribution in [0.15, 0.2) is 0 Å². The fraction of sp³-hybridized carbons (Fsp3) is 1.00. The summed E-state index contributed by atoms with van der Waals surface area (Å²) < 4.78 is 46.5. The van der Waals surface area contributed by atoms with Crippen molar-refractivity contribution in [2.45, 2.75) is 44.5 Å². The predicted octanol–water partition coefficient (Wildman–Crippen LogP) is 2.11. The zero-order chi connectivity index (χ0) is 12.7. The van der Waals surface area contributed by atoms with Crippen LogP contribution in [0.2, 0.25) is 0 Å². The average molecular weight is 255 g/mol. The smallest absolute Gasteiger partial charge is 0.379 e. The van der Waals surface area contributed by atoms with Crippen molar-refractivity contribution in [2.24, 2.45) is 0 Å². The van der Waals surface area contributed by atoms with Crippen molar-refractivity contribution in [1.82, 2.24) is 5.32 Å². The molecule has 1 aliphatic heterocycles. The lowest BCUT2D eigenvalue weighted by molar-refractivity contribution is -0.141. The average Bonchev–Trinajstić information content (AvgIpc) is 2.25. The van der Waals surface area contributed by atoms with Crippen LogP contribution in [0.3, 0.4) is 0 Å². The van der Waals surface area contributed by atoms with E-state index >= 15 is 0 Å². The van der Waals surface area contributed by atoms with Crippen LogP contribution in [0.4, 0.5) is 13.2 Å². The van der Waals surface area contributed by atoms with Gasteiger partial charge in [-0.1, -0.05) is 6.92 Å². The summed E-state index contributed by atoms with van der Waals surface area (Å²) >= 11 is 0. The first-order valence-electron chi connectivity index (χ1n) is 6.02. The molecule has 0 saturated carbocycles. The summed E-state index contributed by atoms with van der Waals surface area (Å²) in [5.41, 5.74) is 0. The first-order valence-corrected chi connectivity index (χ1v) is 6.02. The second-order valence-corrected chi connectivity index (χ2v) is 4.16. The Morgan fingerprint density at radius 3 is 2.82 bits per heavy atom. The number of ether oxygens (including phenoxy) is 2. The molecule has 0 aliphatic carbocycles. The molecule has 1 rings (SSSR count). The summed E-state index contributed by atoms with van der Waals surface area (Å²) in [7, 11) is 0. The van der Waals surface area contributed by atoms with Crippen LogP contribution < -0.4 is 5.32 Å². The monoisotopic (exact) mass is 255 g/mol. The normalized spacial score (nSPS) is 26.1. The Kier molecular flexibility index (Phi) is 6.22. The molecule has 2 atom stereocenters. The number of alkyl halides is 3. The van der Waals surface area contributed by atoms with Crippen molar-refractivity contribution in [3.63, 3.8) is 0 Å². The Hall–Kier alpha value is -0.330. The summed E-state index contributed by atoms with van der Waals surface area (Å²) in [6.45, 7) is 4.10. The van der Waals surface area contributed by atoms with Crippen molar-refractivity contribution in [3.05, 3.63) is 0 Å². The van der Waals surface area contributed by atoms with Crippen LogP contribution in [0, 0.1) is 0 Å². The molecule has 1 saturated heterocycles. The molecule has 0 amide bonds. The van der Waals surface area contributed by atoms with E-state index < -0.39 is 12.6 Å². The minimum atomic E-state index is -4.09. The van der Waals surface area contributed by atoms with Crippen molar-refractivity contribution < 1.29 is 22.6 Å². The van der Waals surface area contributed by atoms with E-state index in [4.69, 9.17) is 9.47 Å². The third-order valence-electron chi connectivity index (χ3n) is 2.71. The predicted molar refractivity (Wildman–Crippen MR) is 57.9 cm³/mol. The SMILES string of the molecule is CCNC1CCOCC1OCCCC(F)(F)F. The Labute approximate surface area is 99.7 Å². The van der Waals surface area contributed by atoms with Crippen LogP contribution in [0.5, 0.6) is 0 Å². The van der Waals surface area contributed by atoms with Gasteiger partial charge >= 0.3 is 6.18 Å². The van der Waals surface area contributed by atoms with Gasteiger partial charge in [-0.3, -0.25) is 0 Å². The Morgan fingerprint density at radius 2 is 2.18 bits per heavy atom. The lowest BCUT2D eigenvalue weighted by atomic mass is 10.1. The standard InChI is InChI=1S/C11H20F3NO2/c1-2-15-9-4-7-16-8-10(9)17-6-3-5-11(12,13)14/h9-10,15H,2-8H2,1H3. The van der Waals surface area contributed by atoms with E-state index in [1.54, 1.807) is 0 Å². The maximum atomic E-state index is 11.9. The molecule has 3 nitrogen and oxygen atoms in total. The molecular weight excluding hydrogens is 235 g/mol. The first-order chi connectivity index (χ1) is 8.03. The summed E-state index contributed by atoms with van der Waals surface area (Å²) in [6.07, 6.45) is -4.15. The van der Waals surface area contributed by atoms with Gasteiger partial charge in [0, 0.05) is 25.7 Å². The molecule has 0 bridgehead atoms. The Bertz CT molecular complexity index is 209. The summed E-state index contributed by atoms with van der Waals surface area (Å²) in [4.78, 5) is 0. The zero-order valence-electron chi connectivity index (χ0n) is 10.1. The van der Waals surface area contributed by atoms with Gasteiger partial charge in [0.05, 0.1) is 12.7 Å². The molecule has 1 N–H and O–H groups in total. The van der Waals surface area contributed by atoms with Crippen molar-refractivity contribution in [1.29, 1.82) is 0 Å². The molecular formula is C11H20F3NO2. The van der Waals surface area contributed by atoms with Gasteiger partial charge in [-0.25, -0.2) is 0 Å². The van der Waals surface area contributed by atoms with E-state index in [0.29, 0.717) is 13.2 Å². The number of nitrogens with one attached hydrogen (secondary N) is 1. The molecule has 0 aromatic rings. The largest absolute Gasteiger partial charge is 0.389 e. The van der Waals surface area contributed by atoms with Crippen LogP contribution in [0.25, 0.3) is 0 Å². The summed E-state index contributed by atoms with van der Waals surface area (Å²) in [5, 5.41) is 3.26. The lowest BCUT2D eigenvalue weighted by Gasteiger charge is -2.32. The highest BCUT2D eigenvalue weighted by atomic mass is 19.4. The molecule has 6 heteroatoms. The second-order valence-electron chi connectivity index (χ2n) is 4.16. The van der Waals surface area contributed by atoms with E-state index in [-0.39, 0.29) is 25.2 Å². The van der Waals surface area contributed by atoms with E-state index in [1.807, 2.05) is 6.92 Å². The van der Waals surface area contributed by atoms with Gasteiger partial charge in [-0.15, -0.1) is 0 Å². The van der Waals surface area contributed by atoms with E-state index in [2.05, 4.69) is 5.32 Å². The third kappa shape index (κ3) is 6.24. The molecule has 1 fully saturated rings. The molecule has 1 aliphatic rings. The van der Waals surface area contributed by atoms with Crippen molar-refractivity contribution in [3.8, 4) is 0 Å². The highest BCUT2D eigenvalue weighted by Gasteiger charge is 2.28. The lowest BCUT2D eigenvalue weighted by Crippen LogP contribution is -2.47. The van der Waals surface area contributed by atoms with Gasteiger partial charge < -0.3 is 14.8 Å². The number of hydrogen-bond donors (Lipinski definition) is 1. The fourth-order valence-corrected chi connectivity index (χ4v) is 1.88. The number of halogens is 3. The minimum Gasteiger partial charge on any atom is -0.379 e. The van der Waals surface area contributed by atoms with E-state index in [9.17, 15) is 13.2 Å². The fourth-order valence-electron chi connectivity index (χ4n) is 1.88. The van der Waals surface area contributed by atoms with Gasteiger partial charge in [-0.2, -0.15) is 13.2 Å². The third-order valence-corrected chi connectivity index (χ3v) is 2.71. The van der Waals surface area contributed by atoms with E-state index in [0.717, 1.165) is 13.0 Å². The second kappa shape index (κ2) is 7.18. The molecule has 0 radical (unpaired) electrons. The van der Waals surface area contributed by atoms with Gasteiger partial charge in [0.1, 0.15) is 0 Å². The van der Waals surface area contributed by atoms with Gasteiger partial charge in [0.25, 0.3) is 0 Å². The summed E-state index contributed by atoms with van der Waals surface area (Å²) in [5.74, 6) is 0. The Balaban J connectivity index is 2.19. The van der Waals surface area contributed by atoms with Crippen LogP contribution in [-0.2, 0) is 9.47 Å². The molecule has 2 unspecified atom stereocenters. The van der Waals surface area contributed by atoms with Crippen LogP contribution in [0.1, 0.15) is 26.2 Å². The highest BCUT2D eigenvalue weighted by molar-refractivity contribution is 4.80. The van der Waals surface area contributed by atoms with Crippen molar-refractivity contribution in [2.75, 3.05) is 26.4 Å². The maximum absolute atomic E-state index is 11.9. The molecule has 0 aromatic heterocycles. The zero-order valence-corrected chi connectivity index (χ0v) is 10.1. The molecule has 102 valence electrons. The van der Waals surface area contributed by atoms with Gasteiger partial charge in [0.15, 0.2) is 0 Å².